The quantitative estimate of drug-likeness (QED) is 0.900. The molecule has 0 amide bonds. The Labute approximate surface area is 129 Å². The van der Waals surface area contributed by atoms with Crippen LogP contribution in [0.5, 0.6) is 0 Å². The first-order valence-electron chi connectivity index (χ1n) is 8.80. The van der Waals surface area contributed by atoms with Gasteiger partial charge in [-0.1, -0.05) is 37.5 Å². The van der Waals surface area contributed by atoms with E-state index in [2.05, 4.69) is 41.5 Å². The summed E-state index contributed by atoms with van der Waals surface area (Å²) in [6, 6.07) is 9.09. The highest BCUT2D eigenvalue weighted by Crippen LogP contribution is 2.38. The molecule has 1 fully saturated rings. The minimum atomic E-state index is 0.491. The van der Waals surface area contributed by atoms with Crippen LogP contribution in [0.2, 0.25) is 0 Å². The molecule has 1 heterocycles. The lowest BCUT2D eigenvalue weighted by Crippen LogP contribution is -2.45. The first-order valence-corrected chi connectivity index (χ1v) is 8.80. The van der Waals surface area contributed by atoms with Crippen LogP contribution in [0, 0.1) is 5.41 Å². The molecule has 1 aromatic rings. The monoisotopic (exact) mass is 286 g/mol. The van der Waals surface area contributed by atoms with Gasteiger partial charge in [-0.05, 0) is 50.8 Å². The van der Waals surface area contributed by atoms with Gasteiger partial charge in [-0.15, -0.1) is 0 Å². The van der Waals surface area contributed by atoms with Crippen molar-refractivity contribution in [3.05, 3.63) is 29.8 Å². The van der Waals surface area contributed by atoms with Crippen molar-refractivity contribution in [2.75, 3.05) is 31.6 Å². The zero-order chi connectivity index (χ0) is 14.5. The minimum absolute atomic E-state index is 0.491. The van der Waals surface area contributed by atoms with Gasteiger partial charge in [0.15, 0.2) is 0 Å². The van der Waals surface area contributed by atoms with Crippen LogP contribution in [0.4, 0.5) is 5.69 Å². The van der Waals surface area contributed by atoms with Crippen molar-refractivity contribution in [3.8, 4) is 0 Å². The molecule has 2 aliphatic rings. The predicted octanol–water partition coefficient (Wildman–Crippen LogP) is 4.00. The van der Waals surface area contributed by atoms with Gasteiger partial charge in [-0.2, -0.15) is 0 Å². The van der Waals surface area contributed by atoms with Gasteiger partial charge in [0.2, 0.25) is 0 Å². The Hall–Kier alpha value is -1.02. The molecule has 0 radical (unpaired) electrons. The van der Waals surface area contributed by atoms with E-state index in [-0.39, 0.29) is 0 Å². The number of nitrogens with zero attached hydrogens (tertiary/aromatic N) is 1. The Morgan fingerprint density at radius 1 is 1.05 bits per heavy atom. The van der Waals surface area contributed by atoms with Crippen LogP contribution in [0.15, 0.2) is 24.3 Å². The molecule has 3 rings (SSSR count). The van der Waals surface area contributed by atoms with Crippen molar-refractivity contribution in [1.82, 2.24) is 5.32 Å². The van der Waals surface area contributed by atoms with Crippen molar-refractivity contribution >= 4 is 5.69 Å². The summed E-state index contributed by atoms with van der Waals surface area (Å²) in [5, 5.41) is 3.48. The third kappa shape index (κ3) is 3.42. The van der Waals surface area contributed by atoms with Gasteiger partial charge >= 0.3 is 0 Å². The average molecular weight is 286 g/mol. The van der Waals surface area contributed by atoms with E-state index < -0.39 is 0 Å². The number of anilines is 1. The van der Waals surface area contributed by atoms with E-state index in [9.17, 15) is 0 Å². The molecule has 21 heavy (non-hydrogen) atoms. The molecule has 0 bridgehead atoms. The second-order valence-corrected chi connectivity index (χ2v) is 7.10. The summed E-state index contributed by atoms with van der Waals surface area (Å²) >= 11 is 0. The number of nitrogens with one attached hydrogen (secondary N) is 1. The second kappa shape index (κ2) is 6.83. The molecular weight excluding hydrogens is 256 g/mol. The molecule has 1 aliphatic heterocycles. The summed E-state index contributed by atoms with van der Waals surface area (Å²) in [7, 11) is 2.12. The molecule has 2 heteroatoms. The molecule has 1 aromatic carbocycles. The molecule has 116 valence electrons. The van der Waals surface area contributed by atoms with E-state index in [4.69, 9.17) is 0 Å². The highest BCUT2D eigenvalue weighted by atomic mass is 15.1. The first kappa shape index (κ1) is 14.9. The van der Waals surface area contributed by atoms with Gasteiger partial charge in [-0.25, -0.2) is 0 Å². The molecular formula is C19H30N2. The zero-order valence-corrected chi connectivity index (χ0v) is 13.5. The first-order chi connectivity index (χ1) is 10.3. The fourth-order valence-corrected chi connectivity index (χ4v) is 4.41. The van der Waals surface area contributed by atoms with E-state index in [1.54, 1.807) is 5.56 Å². The summed E-state index contributed by atoms with van der Waals surface area (Å²) in [4.78, 5) is 2.70. The van der Waals surface area contributed by atoms with Crippen molar-refractivity contribution in [2.45, 2.75) is 51.4 Å². The number of fused-ring (bicyclic) bond motifs is 1. The van der Waals surface area contributed by atoms with Crippen LogP contribution in [-0.4, -0.2) is 26.7 Å². The van der Waals surface area contributed by atoms with Crippen molar-refractivity contribution in [1.29, 1.82) is 0 Å². The molecule has 1 N–H and O–H groups in total. The summed E-state index contributed by atoms with van der Waals surface area (Å²) < 4.78 is 0. The molecule has 0 saturated heterocycles. The summed E-state index contributed by atoms with van der Waals surface area (Å²) in [5.74, 6) is 0. The van der Waals surface area contributed by atoms with Crippen LogP contribution >= 0.6 is 0 Å². The lowest BCUT2D eigenvalue weighted by atomic mass is 9.73. The van der Waals surface area contributed by atoms with Gasteiger partial charge in [-0.3, -0.25) is 0 Å². The third-order valence-electron chi connectivity index (χ3n) is 5.45. The topological polar surface area (TPSA) is 15.3 Å². The van der Waals surface area contributed by atoms with Crippen molar-refractivity contribution in [3.63, 3.8) is 0 Å². The second-order valence-electron chi connectivity index (χ2n) is 7.10. The fraction of sp³-hybridized carbons (Fsp3) is 0.684. The number of hydrogen-bond acceptors (Lipinski definition) is 2. The predicted molar refractivity (Wildman–Crippen MR) is 91.0 cm³/mol. The van der Waals surface area contributed by atoms with Crippen molar-refractivity contribution < 1.29 is 0 Å². The molecule has 0 unspecified atom stereocenters. The molecule has 1 aliphatic carbocycles. The Morgan fingerprint density at radius 3 is 2.67 bits per heavy atom. The largest absolute Gasteiger partial charge is 0.371 e. The Balaban J connectivity index is 1.81. The van der Waals surface area contributed by atoms with E-state index in [0.29, 0.717) is 5.41 Å². The van der Waals surface area contributed by atoms with Crippen molar-refractivity contribution in [2.24, 2.45) is 5.41 Å². The lowest BCUT2D eigenvalue weighted by molar-refractivity contribution is 0.191. The van der Waals surface area contributed by atoms with Gasteiger partial charge in [0, 0.05) is 30.7 Å². The lowest BCUT2D eigenvalue weighted by Gasteiger charge is -2.42. The molecule has 2 nitrogen and oxygen atoms in total. The maximum Gasteiger partial charge on any atom is 0.0398 e. The number of hydrogen-bond donors (Lipinski definition) is 1. The molecule has 1 saturated carbocycles. The Kier molecular flexibility index (Phi) is 4.84. The average Bonchev–Trinajstić information content (AvgIpc) is 2.71. The summed E-state index contributed by atoms with van der Waals surface area (Å²) in [6.07, 6.45) is 11.0. The Bertz CT molecular complexity index is 443. The Morgan fingerprint density at radius 2 is 1.86 bits per heavy atom. The number of benzene rings is 1. The van der Waals surface area contributed by atoms with Crippen LogP contribution < -0.4 is 10.2 Å². The van der Waals surface area contributed by atoms with Crippen LogP contribution in [0.25, 0.3) is 0 Å². The van der Waals surface area contributed by atoms with Gasteiger partial charge in [0.1, 0.15) is 0 Å². The fourth-order valence-electron chi connectivity index (χ4n) is 4.41. The third-order valence-corrected chi connectivity index (χ3v) is 5.45. The number of rotatable bonds is 4. The standard InChI is InChI=1S/C19H30N2/c1-20-15-19(12-6-2-7-13-19)16-21-14-8-5-10-17-9-3-4-11-18(17)21/h3-4,9,11,20H,2,5-8,10,12-16H2,1H3. The van der Waals surface area contributed by atoms with E-state index >= 15 is 0 Å². The highest BCUT2D eigenvalue weighted by molar-refractivity contribution is 5.54. The molecule has 0 aromatic heterocycles. The zero-order valence-electron chi connectivity index (χ0n) is 13.5. The maximum atomic E-state index is 3.48. The minimum Gasteiger partial charge on any atom is -0.371 e. The van der Waals surface area contributed by atoms with Gasteiger partial charge < -0.3 is 10.2 Å². The van der Waals surface area contributed by atoms with Crippen LogP contribution in [0.3, 0.4) is 0 Å². The van der Waals surface area contributed by atoms with E-state index in [1.165, 1.54) is 76.7 Å². The summed E-state index contributed by atoms with van der Waals surface area (Å²) in [5.41, 5.74) is 3.56. The van der Waals surface area contributed by atoms with E-state index in [0.717, 1.165) is 0 Å². The van der Waals surface area contributed by atoms with Crippen LogP contribution in [0.1, 0.15) is 50.5 Å². The highest BCUT2D eigenvalue weighted by Gasteiger charge is 2.34. The SMILES string of the molecule is CNCC1(CN2CCCCc3ccccc32)CCCCC1. The van der Waals surface area contributed by atoms with E-state index in [1.807, 2.05) is 0 Å². The summed E-state index contributed by atoms with van der Waals surface area (Å²) in [6.45, 7) is 3.65. The maximum absolute atomic E-state index is 3.48. The van der Waals surface area contributed by atoms with Gasteiger partial charge in [0.25, 0.3) is 0 Å². The number of para-hydroxylation sites is 1. The molecule has 0 spiro atoms. The normalized spacial score (nSPS) is 21.7. The van der Waals surface area contributed by atoms with Crippen LogP contribution in [-0.2, 0) is 6.42 Å². The molecule has 0 atom stereocenters. The van der Waals surface area contributed by atoms with Gasteiger partial charge in [0.05, 0.1) is 0 Å². The smallest absolute Gasteiger partial charge is 0.0398 e. The number of aryl methyl sites for hydroxylation is 1.